The highest BCUT2D eigenvalue weighted by Gasteiger charge is 2.18. The molecule has 1 atom stereocenters. The van der Waals surface area contributed by atoms with Gasteiger partial charge in [-0.25, -0.2) is 9.78 Å². The van der Waals surface area contributed by atoms with Crippen molar-refractivity contribution in [2.75, 3.05) is 0 Å². The van der Waals surface area contributed by atoms with Gasteiger partial charge < -0.3 is 14.6 Å². The first-order chi connectivity index (χ1) is 14.0. The maximum absolute atomic E-state index is 11.5. The number of aromatic nitrogens is 2. The van der Waals surface area contributed by atoms with E-state index in [1.807, 2.05) is 60.0 Å². The van der Waals surface area contributed by atoms with Crippen molar-refractivity contribution >= 4 is 11.6 Å². The minimum Gasteiger partial charge on any atom is -0.478 e. The van der Waals surface area contributed by atoms with E-state index >= 15 is 0 Å². The summed E-state index contributed by atoms with van der Waals surface area (Å²) < 4.78 is 1.95. The quantitative estimate of drug-likeness (QED) is 0.523. The predicted octanol–water partition coefficient (Wildman–Crippen LogP) is 4.65. The summed E-state index contributed by atoms with van der Waals surface area (Å²) in [5.74, 6) is -0.959. The number of fused-ring (bicyclic) bond motifs is 1. The lowest BCUT2D eigenvalue weighted by atomic mass is 9.96. The SMILES string of the molecule is CCc1cn2c(C(O)c3ccc(-c4ccccc4C(=O)O)cc3)c(C)ccc2n1. The van der Waals surface area contributed by atoms with Crippen LogP contribution in [0, 0.1) is 6.92 Å². The third-order valence-corrected chi connectivity index (χ3v) is 5.25. The van der Waals surface area contributed by atoms with Crippen LogP contribution in [-0.4, -0.2) is 25.6 Å². The number of benzene rings is 2. The number of nitrogens with zero attached hydrogens (tertiary/aromatic N) is 2. The number of hydrogen-bond donors (Lipinski definition) is 2. The molecule has 0 bridgehead atoms. The van der Waals surface area contributed by atoms with Gasteiger partial charge in [0, 0.05) is 6.20 Å². The molecular weight excluding hydrogens is 364 g/mol. The minimum absolute atomic E-state index is 0.256. The number of aliphatic hydroxyl groups excluding tert-OH is 1. The Morgan fingerprint density at radius 3 is 2.48 bits per heavy atom. The zero-order valence-electron chi connectivity index (χ0n) is 16.3. The van der Waals surface area contributed by atoms with Crippen LogP contribution in [-0.2, 0) is 6.42 Å². The zero-order chi connectivity index (χ0) is 20.5. The van der Waals surface area contributed by atoms with E-state index in [9.17, 15) is 15.0 Å². The lowest BCUT2D eigenvalue weighted by Gasteiger charge is -2.17. The molecule has 0 saturated carbocycles. The molecule has 146 valence electrons. The molecule has 4 rings (SSSR count). The number of aliphatic hydroxyl groups is 1. The van der Waals surface area contributed by atoms with Crippen molar-refractivity contribution in [1.82, 2.24) is 9.38 Å². The number of aryl methyl sites for hydroxylation is 2. The van der Waals surface area contributed by atoms with Crippen LogP contribution in [0.4, 0.5) is 0 Å². The number of aromatic carboxylic acids is 1. The Bertz CT molecular complexity index is 1190. The van der Waals surface area contributed by atoms with Gasteiger partial charge in [0.15, 0.2) is 0 Å². The summed E-state index contributed by atoms with van der Waals surface area (Å²) in [7, 11) is 0. The molecule has 0 radical (unpaired) electrons. The first-order valence-electron chi connectivity index (χ1n) is 9.57. The van der Waals surface area contributed by atoms with Gasteiger partial charge in [-0.1, -0.05) is 55.5 Å². The molecule has 2 N–H and O–H groups in total. The van der Waals surface area contributed by atoms with Gasteiger partial charge in [0.25, 0.3) is 0 Å². The van der Waals surface area contributed by atoms with E-state index in [4.69, 9.17) is 0 Å². The number of pyridine rings is 1. The lowest BCUT2D eigenvalue weighted by Crippen LogP contribution is -2.08. The monoisotopic (exact) mass is 386 g/mol. The van der Waals surface area contributed by atoms with E-state index in [-0.39, 0.29) is 5.56 Å². The molecule has 0 saturated heterocycles. The maximum atomic E-state index is 11.5. The van der Waals surface area contributed by atoms with Crippen LogP contribution in [0.1, 0.15) is 45.9 Å². The predicted molar refractivity (Wildman–Crippen MR) is 112 cm³/mol. The van der Waals surface area contributed by atoms with Gasteiger partial charge in [0.1, 0.15) is 11.8 Å². The summed E-state index contributed by atoms with van der Waals surface area (Å²) in [5, 5.41) is 20.5. The Balaban J connectivity index is 1.74. The van der Waals surface area contributed by atoms with Gasteiger partial charge in [-0.05, 0) is 47.7 Å². The van der Waals surface area contributed by atoms with Crippen LogP contribution in [0.25, 0.3) is 16.8 Å². The van der Waals surface area contributed by atoms with Crippen LogP contribution < -0.4 is 0 Å². The average Bonchev–Trinajstić information content (AvgIpc) is 3.16. The standard InChI is InChI=1S/C24H22N2O3/c1-3-18-14-26-21(25-18)13-8-15(2)22(26)23(27)17-11-9-16(10-12-17)19-6-4-5-7-20(19)24(28)29/h4-14,23,27H,3H2,1-2H3,(H,28,29). The summed E-state index contributed by atoms with van der Waals surface area (Å²) in [5.41, 5.74) is 6.00. The fourth-order valence-corrected chi connectivity index (χ4v) is 3.67. The van der Waals surface area contributed by atoms with E-state index in [2.05, 4.69) is 11.9 Å². The van der Waals surface area contributed by atoms with Gasteiger partial charge >= 0.3 is 5.97 Å². The molecule has 0 aliphatic heterocycles. The van der Waals surface area contributed by atoms with Crippen LogP contribution in [0.2, 0.25) is 0 Å². The van der Waals surface area contributed by atoms with Crippen molar-refractivity contribution in [2.24, 2.45) is 0 Å². The number of rotatable bonds is 5. The van der Waals surface area contributed by atoms with E-state index in [0.717, 1.165) is 40.1 Å². The molecule has 0 amide bonds. The van der Waals surface area contributed by atoms with Crippen LogP contribution in [0.5, 0.6) is 0 Å². The van der Waals surface area contributed by atoms with Crippen molar-refractivity contribution in [1.29, 1.82) is 0 Å². The highest BCUT2D eigenvalue weighted by atomic mass is 16.4. The molecule has 0 spiro atoms. The molecule has 2 heterocycles. The van der Waals surface area contributed by atoms with Crippen molar-refractivity contribution in [2.45, 2.75) is 26.4 Å². The number of carbonyl (C=O) groups is 1. The lowest BCUT2D eigenvalue weighted by molar-refractivity contribution is 0.0697. The molecule has 2 aromatic heterocycles. The van der Waals surface area contributed by atoms with Crippen LogP contribution >= 0.6 is 0 Å². The van der Waals surface area contributed by atoms with E-state index in [1.54, 1.807) is 18.2 Å². The maximum Gasteiger partial charge on any atom is 0.336 e. The molecule has 29 heavy (non-hydrogen) atoms. The zero-order valence-corrected chi connectivity index (χ0v) is 16.3. The fraction of sp³-hybridized carbons (Fsp3) is 0.167. The second-order valence-electron chi connectivity index (χ2n) is 7.09. The smallest absolute Gasteiger partial charge is 0.336 e. The number of hydrogen-bond acceptors (Lipinski definition) is 3. The van der Waals surface area contributed by atoms with Crippen molar-refractivity contribution in [3.05, 3.63) is 94.9 Å². The summed E-state index contributed by atoms with van der Waals surface area (Å²) in [6.07, 6.45) is 1.98. The Labute approximate surface area is 168 Å². The van der Waals surface area contributed by atoms with Crippen LogP contribution in [0.3, 0.4) is 0 Å². The third kappa shape index (κ3) is 3.41. The molecule has 0 aliphatic carbocycles. The minimum atomic E-state index is -0.959. The molecular formula is C24H22N2O3. The second-order valence-corrected chi connectivity index (χ2v) is 7.09. The third-order valence-electron chi connectivity index (χ3n) is 5.25. The fourth-order valence-electron chi connectivity index (χ4n) is 3.67. The van der Waals surface area contributed by atoms with Crippen LogP contribution in [0.15, 0.2) is 66.9 Å². The van der Waals surface area contributed by atoms with Gasteiger partial charge in [-0.15, -0.1) is 0 Å². The number of carboxylic acid groups (broad SMARTS) is 1. The molecule has 0 aliphatic rings. The Morgan fingerprint density at radius 2 is 1.79 bits per heavy atom. The molecule has 0 fully saturated rings. The average molecular weight is 386 g/mol. The van der Waals surface area contributed by atoms with E-state index in [0.29, 0.717) is 5.56 Å². The van der Waals surface area contributed by atoms with Gasteiger partial charge in [-0.2, -0.15) is 0 Å². The number of carboxylic acids is 1. The molecule has 5 heteroatoms. The Kier molecular flexibility index (Phi) is 4.91. The van der Waals surface area contributed by atoms with Crippen molar-refractivity contribution in [3.8, 4) is 11.1 Å². The molecule has 1 unspecified atom stereocenters. The Morgan fingerprint density at radius 1 is 1.07 bits per heavy atom. The number of imidazole rings is 1. The normalized spacial score (nSPS) is 12.2. The van der Waals surface area contributed by atoms with Gasteiger partial charge in [-0.3, -0.25) is 0 Å². The summed E-state index contributed by atoms with van der Waals surface area (Å²) in [4.78, 5) is 16.1. The summed E-state index contributed by atoms with van der Waals surface area (Å²) >= 11 is 0. The van der Waals surface area contributed by atoms with E-state index in [1.165, 1.54) is 0 Å². The highest BCUT2D eigenvalue weighted by Crippen LogP contribution is 2.29. The van der Waals surface area contributed by atoms with Crippen molar-refractivity contribution < 1.29 is 15.0 Å². The first kappa shape index (κ1) is 18.9. The van der Waals surface area contributed by atoms with Gasteiger partial charge in [0.2, 0.25) is 0 Å². The topological polar surface area (TPSA) is 74.8 Å². The summed E-state index contributed by atoms with van der Waals surface area (Å²) in [6, 6.07) is 18.2. The highest BCUT2D eigenvalue weighted by molar-refractivity contribution is 5.96. The first-order valence-corrected chi connectivity index (χ1v) is 9.57. The summed E-state index contributed by atoms with van der Waals surface area (Å²) in [6.45, 7) is 4.03. The molecule has 2 aromatic carbocycles. The largest absolute Gasteiger partial charge is 0.478 e. The molecule has 4 aromatic rings. The second kappa shape index (κ2) is 7.53. The van der Waals surface area contributed by atoms with Crippen molar-refractivity contribution in [3.63, 3.8) is 0 Å². The molecule has 5 nitrogen and oxygen atoms in total. The Hall–Kier alpha value is -3.44. The van der Waals surface area contributed by atoms with E-state index < -0.39 is 12.1 Å². The van der Waals surface area contributed by atoms with Gasteiger partial charge in [0.05, 0.1) is 17.0 Å².